The van der Waals surface area contributed by atoms with Gasteiger partial charge in [0.15, 0.2) is 11.5 Å². The first-order valence-electron chi connectivity index (χ1n) is 13.5. The third-order valence-electron chi connectivity index (χ3n) is 8.05. The van der Waals surface area contributed by atoms with Crippen molar-refractivity contribution in [1.82, 2.24) is 27.9 Å². The maximum atomic E-state index is 14.1. The van der Waals surface area contributed by atoms with Gasteiger partial charge in [-0.2, -0.15) is 0 Å². The fourth-order valence-corrected chi connectivity index (χ4v) is 6.13. The SMILES string of the molecule is COc1cc(C2C3=CCn4c(=O)n(-c5ccccc5)c(=O)n4C3Cn3c(=O)n(-c4ccccc4)c(=O)n32)cc(OC)c1O. The van der Waals surface area contributed by atoms with Gasteiger partial charge in [0, 0.05) is 0 Å². The summed E-state index contributed by atoms with van der Waals surface area (Å²) in [6.07, 6.45) is 1.80. The van der Waals surface area contributed by atoms with E-state index in [1.54, 1.807) is 78.9 Å². The number of methoxy groups -OCH3 is 2. The summed E-state index contributed by atoms with van der Waals surface area (Å²) in [5, 5.41) is 10.6. The van der Waals surface area contributed by atoms with Gasteiger partial charge in [0.2, 0.25) is 5.75 Å². The molecule has 2 aromatic heterocycles. The Bertz CT molecular complexity index is 2140. The second-order valence-electron chi connectivity index (χ2n) is 10.2. The summed E-state index contributed by atoms with van der Waals surface area (Å²) in [4.78, 5) is 55.4. The molecule has 5 aromatic rings. The molecule has 3 aromatic carbocycles. The number of para-hydroxylation sites is 2. The van der Waals surface area contributed by atoms with Crippen molar-refractivity contribution in [3.63, 3.8) is 0 Å². The van der Waals surface area contributed by atoms with Gasteiger partial charge in [0.1, 0.15) is 6.04 Å². The molecule has 2 atom stereocenters. The van der Waals surface area contributed by atoms with Gasteiger partial charge in [-0.1, -0.05) is 42.5 Å². The van der Waals surface area contributed by atoms with E-state index < -0.39 is 34.8 Å². The number of hydrogen-bond donors (Lipinski definition) is 1. The minimum atomic E-state index is -0.914. The Balaban J connectivity index is 1.52. The third kappa shape index (κ3) is 3.70. The molecule has 0 saturated heterocycles. The highest BCUT2D eigenvalue weighted by molar-refractivity contribution is 5.55. The predicted octanol–water partition coefficient (Wildman–Crippen LogP) is 1.42. The fourth-order valence-electron chi connectivity index (χ4n) is 6.13. The number of benzene rings is 3. The highest BCUT2D eigenvalue weighted by atomic mass is 16.5. The zero-order chi connectivity index (χ0) is 30.0. The summed E-state index contributed by atoms with van der Waals surface area (Å²) in [5.41, 5.74) is -0.405. The molecule has 0 spiro atoms. The number of phenols is 1. The Labute approximate surface area is 242 Å². The number of fused-ring (bicyclic) bond motifs is 4. The van der Waals surface area contributed by atoms with Crippen molar-refractivity contribution in [2.24, 2.45) is 0 Å². The Morgan fingerprint density at radius 2 is 1.21 bits per heavy atom. The standard InChI is InChI=1S/C30H26N6O7/c1-42-23-15-18(16-24(43-2)26(23)37)25-21-13-14-31-27(38)33(19-9-5-3-6-10-19)29(40)35(31)22(21)17-32-28(39)34(30(41)36(25)32)20-11-7-4-8-12-20/h3-13,15-16,22,25,37H,14,17H2,1-2H3. The zero-order valence-corrected chi connectivity index (χ0v) is 23.2. The average molecular weight is 583 g/mol. The molecular weight excluding hydrogens is 556 g/mol. The highest BCUT2D eigenvalue weighted by Crippen LogP contribution is 2.44. The lowest BCUT2D eigenvalue weighted by atomic mass is 9.90. The first-order chi connectivity index (χ1) is 20.8. The normalized spacial score (nSPS) is 17.0. The Morgan fingerprint density at radius 3 is 1.74 bits per heavy atom. The molecule has 2 aliphatic heterocycles. The molecule has 1 N–H and O–H groups in total. The number of phenolic OH excluding ortho intramolecular Hbond substituents is 1. The van der Waals surface area contributed by atoms with E-state index in [9.17, 15) is 24.3 Å². The minimum Gasteiger partial charge on any atom is -0.502 e. The molecule has 13 nitrogen and oxygen atoms in total. The van der Waals surface area contributed by atoms with E-state index in [1.807, 2.05) is 0 Å². The Hall–Kier alpha value is -5.72. The number of hydrogen-bond acceptors (Lipinski definition) is 7. The van der Waals surface area contributed by atoms with Crippen LogP contribution in [0, 0.1) is 0 Å². The van der Waals surface area contributed by atoms with Crippen LogP contribution in [0.4, 0.5) is 0 Å². The Kier molecular flexibility index (Phi) is 5.90. The molecule has 0 saturated carbocycles. The second kappa shape index (κ2) is 9.69. The largest absolute Gasteiger partial charge is 0.502 e. The fraction of sp³-hybridized carbons (Fsp3) is 0.200. The zero-order valence-electron chi connectivity index (χ0n) is 23.2. The molecule has 7 rings (SSSR count). The van der Waals surface area contributed by atoms with Crippen LogP contribution in [0.5, 0.6) is 17.2 Å². The van der Waals surface area contributed by atoms with Crippen molar-refractivity contribution >= 4 is 0 Å². The second-order valence-corrected chi connectivity index (χ2v) is 10.2. The minimum absolute atomic E-state index is 0.0565. The summed E-state index contributed by atoms with van der Waals surface area (Å²) >= 11 is 0. The molecule has 0 radical (unpaired) electrons. The molecule has 0 bridgehead atoms. The van der Waals surface area contributed by atoms with Gasteiger partial charge >= 0.3 is 22.8 Å². The lowest BCUT2D eigenvalue weighted by Gasteiger charge is -2.37. The number of allylic oxidation sites excluding steroid dienone is 2. The van der Waals surface area contributed by atoms with E-state index in [2.05, 4.69) is 0 Å². The van der Waals surface area contributed by atoms with Gasteiger partial charge < -0.3 is 14.6 Å². The van der Waals surface area contributed by atoms with Crippen LogP contribution in [0.3, 0.4) is 0 Å². The van der Waals surface area contributed by atoms with Crippen molar-refractivity contribution < 1.29 is 14.6 Å². The third-order valence-corrected chi connectivity index (χ3v) is 8.05. The molecule has 0 amide bonds. The van der Waals surface area contributed by atoms with E-state index in [4.69, 9.17) is 9.47 Å². The van der Waals surface area contributed by atoms with Crippen molar-refractivity contribution in [3.8, 4) is 28.6 Å². The lowest BCUT2D eigenvalue weighted by molar-refractivity contribution is 0.245. The van der Waals surface area contributed by atoms with Crippen LogP contribution >= 0.6 is 0 Å². The molecule has 2 aliphatic rings. The highest BCUT2D eigenvalue weighted by Gasteiger charge is 2.42. The summed E-state index contributed by atoms with van der Waals surface area (Å²) < 4.78 is 18.3. The molecule has 0 fully saturated rings. The van der Waals surface area contributed by atoms with Crippen molar-refractivity contribution in [2.75, 3.05) is 14.2 Å². The van der Waals surface area contributed by atoms with E-state index in [-0.39, 0.29) is 30.3 Å². The maximum absolute atomic E-state index is 14.1. The Morgan fingerprint density at radius 1 is 0.698 bits per heavy atom. The van der Waals surface area contributed by atoms with E-state index >= 15 is 0 Å². The quantitative estimate of drug-likeness (QED) is 0.310. The van der Waals surface area contributed by atoms with E-state index in [0.717, 1.165) is 9.13 Å². The first kappa shape index (κ1) is 26.2. The van der Waals surface area contributed by atoms with E-state index in [0.29, 0.717) is 22.5 Å². The van der Waals surface area contributed by atoms with Crippen LogP contribution in [-0.4, -0.2) is 47.2 Å². The van der Waals surface area contributed by atoms with Crippen LogP contribution in [0.1, 0.15) is 17.6 Å². The molecule has 2 unspecified atom stereocenters. The van der Waals surface area contributed by atoms with Crippen molar-refractivity contribution in [2.45, 2.75) is 25.2 Å². The summed E-state index contributed by atoms with van der Waals surface area (Å²) in [7, 11) is 2.78. The predicted molar refractivity (Wildman–Crippen MR) is 155 cm³/mol. The monoisotopic (exact) mass is 582 g/mol. The molecule has 4 heterocycles. The summed E-state index contributed by atoms with van der Waals surface area (Å²) in [6.45, 7) is -0.0261. The van der Waals surface area contributed by atoms with Crippen LogP contribution in [0.2, 0.25) is 0 Å². The number of rotatable bonds is 5. The van der Waals surface area contributed by atoms with Crippen LogP contribution in [-0.2, 0) is 13.1 Å². The van der Waals surface area contributed by atoms with Gasteiger partial charge in [-0.15, -0.1) is 0 Å². The number of ether oxygens (including phenoxy) is 2. The number of aromatic hydroxyl groups is 1. The summed E-state index contributed by atoms with van der Waals surface area (Å²) in [5.74, 6) is -0.0291. The van der Waals surface area contributed by atoms with Crippen molar-refractivity contribution in [1.29, 1.82) is 0 Å². The van der Waals surface area contributed by atoms with Crippen LogP contribution in [0.15, 0.2) is 104 Å². The van der Waals surface area contributed by atoms with Gasteiger partial charge in [-0.3, -0.25) is 0 Å². The van der Waals surface area contributed by atoms with Crippen LogP contribution in [0.25, 0.3) is 11.4 Å². The van der Waals surface area contributed by atoms with E-state index in [1.165, 1.54) is 32.9 Å². The van der Waals surface area contributed by atoms with Gasteiger partial charge in [0.25, 0.3) is 0 Å². The van der Waals surface area contributed by atoms with Gasteiger partial charge in [-0.25, -0.2) is 47.0 Å². The number of nitrogens with zero attached hydrogens (tertiary/aromatic N) is 6. The summed E-state index contributed by atoms with van der Waals surface area (Å²) in [6, 6.07) is 18.6. The smallest absolute Gasteiger partial charge is 0.352 e. The first-order valence-corrected chi connectivity index (χ1v) is 13.5. The number of aromatic nitrogens is 6. The van der Waals surface area contributed by atoms with Crippen LogP contribution < -0.4 is 32.2 Å². The molecule has 0 aliphatic carbocycles. The average Bonchev–Trinajstić information content (AvgIpc) is 3.44. The van der Waals surface area contributed by atoms with Gasteiger partial charge in [-0.05, 0) is 47.5 Å². The lowest BCUT2D eigenvalue weighted by Crippen LogP contribution is -2.46. The molecule has 13 heteroatoms. The maximum Gasteiger partial charge on any atom is 0.352 e. The molecular formula is C30H26N6O7. The molecule has 43 heavy (non-hydrogen) atoms. The topological polar surface area (TPSA) is 137 Å². The van der Waals surface area contributed by atoms with Gasteiger partial charge in [0.05, 0.1) is 44.7 Å². The van der Waals surface area contributed by atoms with Crippen molar-refractivity contribution in [3.05, 3.63) is 132 Å². The molecule has 218 valence electrons.